The largest absolute Gasteiger partial charge is 0.415 e. The van der Waals surface area contributed by atoms with E-state index in [0.29, 0.717) is 53.7 Å². The fraction of sp³-hybridized carbons (Fsp3) is 0.290. The lowest BCUT2D eigenvalue weighted by Gasteiger charge is -2.34. The van der Waals surface area contributed by atoms with Crippen LogP contribution in [0.2, 0.25) is 0 Å². The number of benzene rings is 2. The topological polar surface area (TPSA) is 107 Å². The number of imidazole rings is 1. The summed E-state index contributed by atoms with van der Waals surface area (Å²) >= 11 is 0. The van der Waals surface area contributed by atoms with Gasteiger partial charge >= 0.3 is 12.1 Å². The van der Waals surface area contributed by atoms with Gasteiger partial charge in [-0.2, -0.15) is 8.78 Å². The molecule has 10 nitrogen and oxygen atoms in total. The SMILES string of the molecule is O=c1n(Cc2ccc(-c3nnc(C(F)F)o3)cn2)c2cc(F)c(-c3cccc4[nH]ccc34)cc2n1[C@@H]1CCN(C2COC2)C1. The van der Waals surface area contributed by atoms with E-state index < -0.39 is 18.1 Å². The molecule has 4 aromatic heterocycles. The highest BCUT2D eigenvalue weighted by molar-refractivity contribution is 5.97. The summed E-state index contributed by atoms with van der Waals surface area (Å²) in [5.41, 5.74) is 3.80. The molecule has 0 aliphatic carbocycles. The van der Waals surface area contributed by atoms with Crippen LogP contribution in [0.15, 0.2) is 70.1 Å². The summed E-state index contributed by atoms with van der Waals surface area (Å²) in [6.45, 7) is 3.00. The van der Waals surface area contributed by atoms with Gasteiger partial charge in [0.2, 0.25) is 5.89 Å². The number of fused-ring (bicyclic) bond motifs is 2. The first-order valence-corrected chi connectivity index (χ1v) is 14.3. The van der Waals surface area contributed by atoms with Crippen molar-refractivity contribution in [1.82, 2.24) is 34.2 Å². The molecule has 0 radical (unpaired) electrons. The van der Waals surface area contributed by atoms with Gasteiger partial charge in [-0.1, -0.05) is 12.1 Å². The Morgan fingerprint density at radius 3 is 2.66 bits per heavy atom. The minimum atomic E-state index is -2.88. The average Bonchev–Trinajstić information content (AvgIpc) is 3.80. The summed E-state index contributed by atoms with van der Waals surface area (Å²) in [6, 6.07) is 14.4. The Morgan fingerprint density at radius 2 is 1.91 bits per heavy atom. The maximum atomic E-state index is 15.9. The van der Waals surface area contributed by atoms with Crippen LogP contribution in [0.25, 0.3) is 44.5 Å². The monoisotopic (exact) mass is 601 g/mol. The molecule has 0 unspecified atom stereocenters. The van der Waals surface area contributed by atoms with Crippen LogP contribution in [0.1, 0.15) is 30.5 Å². The molecule has 1 atom stereocenters. The molecule has 6 heterocycles. The number of likely N-dealkylation sites (tertiary alicyclic amines) is 1. The van der Waals surface area contributed by atoms with Crippen molar-refractivity contribution >= 4 is 21.9 Å². The Labute approximate surface area is 247 Å². The molecule has 0 spiro atoms. The Balaban J connectivity index is 1.21. The quantitative estimate of drug-likeness (QED) is 0.269. The first-order valence-electron chi connectivity index (χ1n) is 14.3. The van der Waals surface area contributed by atoms with E-state index in [1.54, 1.807) is 22.8 Å². The van der Waals surface area contributed by atoms with Crippen molar-refractivity contribution in [2.45, 2.75) is 31.5 Å². The third kappa shape index (κ3) is 4.42. The van der Waals surface area contributed by atoms with Gasteiger partial charge in [-0.3, -0.25) is 19.0 Å². The zero-order valence-corrected chi connectivity index (χ0v) is 23.3. The van der Waals surface area contributed by atoms with Crippen LogP contribution in [0.5, 0.6) is 0 Å². The second kappa shape index (κ2) is 10.5. The van der Waals surface area contributed by atoms with Crippen molar-refractivity contribution in [3.05, 3.63) is 88.8 Å². The first-order chi connectivity index (χ1) is 21.4. The van der Waals surface area contributed by atoms with E-state index in [2.05, 4.69) is 25.1 Å². The molecule has 1 N–H and O–H groups in total. The van der Waals surface area contributed by atoms with E-state index in [9.17, 15) is 13.6 Å². The number of aromatic nitrogens is 6. The van der Waals surface area contributed by atoms with Crippen LogP contribution in [0, 0.1) is 5.82 Å². The summed E-state index contributed by atoms with van der Waals surface area (Å²) < 4.78 is 55.5. The molecule has 2 aliphatic heterocycles. The van der Waals surface area contributed by atoms with Crippen molar-refractivity contribution in [2.24, 2.45) is 0 Å². The minimum Gasteiger partial charge on any atom is -0.415 e. The van der Waals surface area contributed by atoms with Gasteiger partial charge < -0.3 is 14.1 Å². The number of hydrogen-bond acceptors (Lipinski definition) is 7. The van der Waals surface area contributed by atoms with Gasteiger partial charge in [0.05, 0.1) is 54.1 Å². The van der Waals surface area contributed by atoms with E-state index in [4.69, 9.17) is 9.15 Å². The van der Waals surface area contributed by atoms with Gasteiger partial charge in [0, 0.05) is 48.0 Å². The standard InChI is InChI=1S/C31H26F3N7O3/c32-24-11-26-27(10-23(24)21-2-1-3-25-22(21)6-8-35-25)41(19-7-9-39(14-19)20-15-43-16-20)31(42)40(26)13-18-5-4-17(12-36-18)29-37-38-30(44-29)28(33)34/h1-6,8,10-12,19-20,28,35H,7,9,13-16H2/t19-/m1/s1. The average molecular weight is 602 g/mol. The van der Waals surface area contributed by atoms with Crippen molar-refractivity contribution in [3.8, 4) is 22.6 Å². The smallest absolute Gasteiger partial charge is 0.329 e. The van der Waals surface area contributed by atoms with E-state index in [0.717, 1.165) is 29.4 Å². The lowest BCUT2D eigenvalue weighted by Crippen LogP contribution is -2.48. The van der Waals surface area contributed by atoms with Crippen molar-refractivity contribution < 1.29 is 22.3 Å². The minimum absolute atomic E-state index is 0.0772. The predicted octanol–water partition coefficient (Wildman–Crippen LogP) is 5.17. The third-order valence-electron chi connectivity index (χ3n) is 8.65. The van der Waals surface area contributed by atoms with Crippen LogP contribution < -0.4 is 5.69 Å². The molecule has 2 aromatic carbocycles. The fourth-order valence-corrected chi connectivity index (χ4v) is 6.32. The summed E-state index contributed by atoms with van der Waals surface area (Å²) in [6.07, 6.45) is 1.16. The highest BCUT2D eigenvalue weighted by atomic mass is 19.3. The maximum absolute atomic E-state index is 15.9. The molecule has 44 heavy (non-hydrogen) atoms. The molecule has 13 heteroatoms. The Kier molecular flexibility index (Phi) is 6.38. The molecular weight excluding hydrogens is 575 g/mol. The number of pyridine rings is 1. The number of alkyl halides is 2. The van der Waals surface area contributed by atoms with Crippen LogP contribution in [0.4, 0.5) is 13.2 Å². The van der Waals surface area contributed by atoms with Gasteiger partial charge in [0.1, 0.15) is 5.82 Å². The first kappa shape index (κ1) is 26.8. The van der Waals surface area contributed by atoms with E-state index in [1.807, 2.05) is 30.5 Å². The predicted molar refractivity (Wildman–Crippen MR) is 155 cm³/mol. The second-order valence-corrected chi connectivity index (χ2v) is 11.2. The molecule has 6 aromatic rings. The van der Waals surface area contributed by atoms with E-state index in [-0.39, 0.29) is 24.2 Å². The molecule has 2 fully saturated rings. The van der Waals surface area contributed by atoms with E-state index in [1.165, 1.54) is 16.8 Å². The van der Waals surface area contributed by atoms with Gasteiger partial charge in [-0.25, -0.2) is 9.18 Å². The number of halogens is 3. The fourth-order valence-electron chi connectivity index (χ4n) is 6.32. The lowest BCUT2D eigenvalue weighted by atomic mass is 10.0. The number of H-pyrrole nitrogens is 1. The van der Waals surface area contributed by atoms with Crippen LogP contribution >= 0.6 is 0 Å². The van der Waals surface area contributed by atoms with Crippen LogP contribution in [-0.2, 0) is 11.3 Å². The van der Waals surface area contributed by atoms with Gasteiger partial charge in [0.25, 0.3) is 5.89 Å². The highest BCUT2D eigenvalue weighted by Crippen LogP contribution is 2.35. The molecule has 0 amide bonds. The number of hydrogen-bond donors (Lipinski definition) is 1. The third-order valence-corrected chi connectivity index (χ3v) is 8.65. The van der Waals surface area contributed by atoms with Crippen molar-refractivity contribution in [2.75, 3.05) is 26.3 Å². The molecule has 0 saturated carbocycles. The molecule has 2 aliphatic rings. The normalized spacial score (nSPS) is 17.8. The summed E-state index contributed by atoms with van der Waals surface area (Å²) in [5, 5.41) is 7.91. The Hall–Kier alpha value is -4.75. The zero-order valence-electron chi connectivity index (χ0n) is 23.3. The maximum Gasteiger partial charge on any atom is 0.329 e. The Bertz CT molecular complexity index is 2060. The van der Waals surface area contributed by atoms with Crippen LogP contribution in [-0.4, -0.2) is 66.5 Å². The molecule has 2 saturated heterocycles. The highest BCUT2D eigenvalue weighted by Gasteiger charge is 2.35. The van der Waals surface area contributed by atoms with Gasteiger partial charge in [0.15, 0.2) is 0 Å². The number of nitrogens with zero attached hydrogens (tertiary/aromatic N) is 6. The van der Waals surface area contributed by atoms with E-state index >= 15 is 4.39 Å². The van der Waals surface area contributed by atoms with Gasteiger partial charge in [-0.05, 0) is 42.3 Å². The Morgan fingerprint density at radius 1 is 1.02 bits per heavy atom. The summed E-state index contributed by atoms with van der Waals surface area (Å²) in [5.74, 6) is -1.29. The van der Waals surface area contributed by atoms with Crippen LogP contribution in [0.3, 0.4) is 0 Å². The number of aromatic amines is 1. The van der Waals surface area contributed by atoms with Crippen molar-refractivity contribution in [1.29, 1.82) is 0 Å². The number of nitrogens with one attached hydrogen (secondary N) is 1. The van der Waals surface area contributed by atoms with Crippen molar-refractivity contribution in [3.63, 3.8) is 0 Å². The number of rotatable bonds is 7. The second-order valence-electron chi connectivity index (χ2n) is 11.2. The molecule has 224 valence electrons. The molecular formula is C31H26F3N7O3. The molecule has 8 rings (SSSR count). The number of ether oxygens (including phenoxy) is 1. The molecule has 0 bridgehead atoms. The zero-order chi connectivity index (χ0) is 29.9. The van der Waals surface area contributed by atoms with Gasteiger partial charge in [-0.15, -0.1) is 10.2 Å². The lowest BCUT2D eigenvalue weighted by molar-refractivity contribution is -0.0578. The summed E-state index contributed by atoms with van der Waals surface area (Å²) in [4.78, 5) is 24.1. The summed E-state index contributed by atoms with van der Waals surface area (Å²) in [7, 11) is 0.